The molecular weight excluding hydrogens is 434 g/mol. The molecule has 0 aliphatic heterocycles. The lowest BCUT2D eigenvalue weighted by Crippen LogP contribution is -2.50. The van der Waals surface area contributed by atoms with E-state index in [1.165, 1.54) is 13.0 Å². The maximum atomic E-state index is 13.3. The topological polar surface area (TPSA) is 108 Å². The van der Waals surface area contributed by atoms with E-state index in [0.717, 1.165) is 10.5 Å². The van der Waals surface area contributed by atoms with Gasteiger partial charge in [0.25, 0.3) is 5.91 Å². The fourth-order valence-electron chi connectivity index (χ4n) is 3.20. The number of nitrogens with one attached hydrogen (secondary N) is 2. The quantitative estimate of drug-likeness (QED) is 0.429. The molecule has 8 nitrogen and oxygen atoms in total. The molecule has 0 aromatic heterocycles. The summed E-state index contributed by atoms with van der Waals surface area (Å²) in [6.45, 7) is 8.39. The number of ether oxygens (including phenoxy) is 1. The number of para-hydroxylation sites is 1. The number of terminal acetylenes is 1. The number of phenolic OH excluding ortho intramolecular Hbond substituents is 1. The van der Waals surface area contributed by atoms with Crippen molar-refractivity contribution < 1.29 is 24.2 Å². The van der Waals surface area contributed by atoms with Crippen molar-refractivity contribution in [3.63, 3.8) is 0 Å². The molecule has 0 heterocycles. The number of carbonyl (C=O) groups excluding carboxylic acids is 3. The summed E-state index contributed by atoms with van der Waals surface area (Å²) in [5, 5.41) is 15.9. The Morgan fingerprint density at radius 3 is 2.35 bits per heavy atom. The van der Waals surface area contributed by atoms with Gasteiger partial charge in [-0.25, -0.2) is 4.79 Å². The zero-order chi connectivity index (χ0) is 25.5. The number of amides is 3. The summed E-state index contributed by atoms with van der Waals surface area (Å²) in [7, 11) is 0. The lowest BCUT2D eigenvalue weighted by Gasteiger charge is -2.29. The summed E-state index contributed by atoms with van der Waals surface area (Å²) in [5.41, 5.74) is 0.775. The van der Waals surface area contributed by atoms with Crippen molar-refractivity contribution in [3.8, 4) is 18.2 Å². The van der Waals surface area contributed by atoms with Crippen molar-refractivity contribution in [2.75, 3.05) is 0 Å². The Kier molecular flexibility index (Phi) is 8.68. The Labute approximate surface area is 200 Å². The summed E-state index contributed by atoms with van der Waals surface area (Å²) >= 11 is 0. The molecule has 2 aromatic rings. The van der Waals surface area contributed by atoms with Crippen LogP contribution in [-0.2, 0) is 20.9 Å². The van der Waals surface area contributed by atoms with Crippen LogP contribution in [0.15, 0.2) is 48.5 Å². The predicted molar refractivity (Wildman–Crippen MR) is 128 cm³/mol. The second-order valence-electron chi connectivity index (χ2n) is 8.82. The zero-order valence-electron chi connectivity index (χ0n) is 20.1. The van der Waals surface area contributed by atoms with Crippen molar-refractivity contribution in [2.45, 2.75) is 58.8 Å². The van der Waals surface area contributed by atoms with E-state index in [-0.39, 0.29) is 17.9 Å². The minimum atomic E-state index is -1.33. The van der Waals surface area contributed by atoms with E-state index in [4.69, 9.17) is 11.2 Å². The van der Waals surface area contributed by atoms with Crippen LogP contribution in [0.4, 0.5) is 4.79 Å². The van der Waals surface area contributed by atoms with Gasteiger partial charge in [0.05, 0.1) is 0 Å². The average molecular weight is 466 g/mol. The van der Waals surface area contributed by atoms with E-state index >= 15 is 0 Å². The zero-order valence-corrected chi connectivity index (χ0v) is 20.1. The van der Waals surface area contributed by atoms with Gasteiger partial charge < -0.3 is 20.5 Å². The van der Waals surface area contributed by atoms with Crippen LogP contribution in [0.5, 0.6) is 5.75 Å². The third-order valence-corrected chi connectivity index (χ3v) is 4.86. The SMILES string of the molecule is C#CN(C(=O)C(C)NC(=O)OC(C)(C)C)C(C(=O)NCc1ccccc1)c1cccc(C)c1O. The number of hydrogen-bond donors (Lipinski definition) is 3. The molecule has 2 rings (SSSR count). The largest absolute Gasteiger partial charge is 0.507 e. The maximum Gasteiger partial charge on any atom is 0.408 e. The molecular formula is C26H31N3O5. The molecule has 2 atom stereocenters. The number of rotatable bonds is 7. The highest BCUT2D eigenvalue weighted by atomic mass is 16.6. The molecule has 0 saturated carbocycles. The number of benzene rings is 2. The fourth-order valence-corrected chi connectivity index (χ4v) is 3.20. The van der Waals surface area contributed by atoms with Crippen molar-refractivity contribution in [2.24, 2.45) is 0 Å². The number of hydrogen-bond acceptors (Lipinski definition) is 5. The van der Waals surface area contributed by atoms with Crippen LogP contribution in [0.2, 0.25) is 0 Å². The van der Waals surface area contributed by atoms with Crippen LogP contribution in [0.3, 0.4) is 0 Å². The number of carbonyl (C=O) groups is 3. The van der Waals surface area contributed by atoms with Gasteiger partial charge in [0.15, 0.2) is 6.04 Å². The van der Waals surface area contributed by atoms with E-state index < -0.39 is 35.6 Å². The molecule has 0 saturated heterocycles. The first kappa shape index (κ1) is 26.3. The minimum absolute atomic E-state index is 0.150. The smallest absolute Gasteiger partial charge is 0.408 e. The van der Waals surface area contributed by atoms with Crippen molar-refractivity contribution in [1.29, 1.82) is 0 Å². The fraction of sp³-hybridized carbons (Fsp3) is 0.346. The Morgan fingerprint density at radius 1 is 1.12 bits per heavy atom. The molecule has 0 radical (unpaired) electrons. The van der Waals surface area contributed by atoms with Gasteiger partial charge in [-0.3, -0.25) is 14.5 Å². The molecule has 0 spiro atoms. The van der Waals surface area contributed by atoms with Crippen LogP contribution in [0, 0.1) is 19.4 Å². The van der Waals surface area contributed by atoms with Crippen LogP contribution >= 0.6 is 0 Å². The van der Waals surface area contributed by atoms with Gasteiger partial charge in [0.1, 0.15) is 17.4 Å². The standard InChI is InChI=1S/C26H31N3O5/c1-7-29(24(32)18(3)28-25(33)34-26(4,5)6)21(20-15-11-12-17(2)22(20)30)23(31)27-16-19-13-9-8-10-14-19/h1,8-15,18,21,30H,16H2,2-6H3,(H,27,31)(H,28,33). The maximum absolute atomic E-state index is 13.3. The van der Waals surface area contributed by atoms with Crippen LogP contribution in [-0.4, -0.2) is 39.6 Å². The monoisotopic (exact) mass is 465 g/mol. The van der Waals surface area contributed by atoms with E-state index in [1.807, 2.05) is 30.3 Å². The van der Waals surface area contributed by atoms with E-state index in [9.17, 15) is 19.5 Å². The molecule has 0 aliphatic rings. The normalized spacial score (nSPS) is 12.6. The molecule has 0 aliphatic carbocycles. The third-order valence-electron chi connectivity index (χ3n) is 4.86. The number of aromatic hydroxyl groups is 1. The molecule has 2 aromatic carbocycles. The highest BCUT2D eigenvalue weighted by molar-refractivity contribution is 5.93. The van der Waals surface area contributed by atoms with Gasteiger partial charge in [-0.2, -0.15) is 0 Å². The van der Waals surface area contributed by atoms with E-state index in [0.29, 0.717) is 5.56 Å². The summed E-state index contributed by atoms with van der Waals surface area (Å²) in [6.07, 6.45) is 4.87. The minimum Gasteiger partial charge on any atom is -0.507 e. The Hall–Kier alpha value is -3.99. The van der Waals surface area contributed by atoms with Gasteiger partial charge in [0, 0.05) is 18.2 Å². The van der Waals surface area contributed by atoms with Crippen molar-refractivity contribution in [3.05, 3.63) is 65.2 Å². The Bertz CT molecular complexity index is 1070. The lowest BCUT2D eigenvalue weighted by molar-refractivity contribution is -0.138. The average Bonchev–Trinajstić information content (AvgIpc) is 2.77. The molecule has 180 valence electrons. The summed E-state index contributed by atoms with van der Waals surface area (Å²) in [6, 6.07) is 13.9. The van der Waals surface area contributed by atoms with Crippen LogP contribution < -0.4 is 10.6 Å². The molecule has 0 fully saturated rings. The van der Waals surface area contributed by atoms with Gasteiger partial charge in [-0.15, -0.1) is 0 Å². The third kappa shape index (κ3) is 7.01. The number of phenols is 1. The first-order valence-corrected chi connectivity index (χ1v) is 10.8. The number of nitrogens with zero attached hydrogens (tertiary/aromatic N) is 1. The van der Waals surface area contributed by atoms with Gasteiger partial charge in [-0.1, -0.05) is 55.0 Å². The van der Waals surface area contributed by atoms with Crippen LogP contribution in [0.1, 0.15) is 50.4 Å². The second-order valence-corrected chi connectivity index (χ2v) is 8.82. The lowest BCUT2D eigenvalue weighted by atomic mass is 9.99. The molecule has 8 heteroatoms. The van der Waals surface area contributed by atoms with Crippen LogP contribution in [0.25, 0.3) is 0 Å². The Balaban J connectivity index is 2.34. The summed E-state index contributed by atoms with van der Waals surface area (Å²) in [5.74, 6) is -1.45. The van der Waals surface area contributed by atoms with E-state index in [2.05, 4.69) is 16.7 Å². The molecule has 0 bridgehead atoms. The predicted octanol–water partition coefficient (Wildman–Crippen LogP) is 3.39. The molecule has 3 amide bonds. The number of alkyl carbamates (subject to hydrolysis) is 1. The molecule has 3 N–H and O–H groups in total. The van der Waals surface area contributed by atoms with Crippen molar-refractivity contribution >= 4 is 17.9 Å². The van der Waals surface area contributed by atoms with E-state index in [1.54, 1.807) is 39.8 Å². The van der Waals surface area contributed by atoms with Gasteiger partial charge >= 0.3 is 6.09 Å². The number of aryl methyl sites for hydroxylation is 1. The van der Waals surface area contributed by atoms with Gasteiger partial charge in [-0.05, 0) is 45.7 Å². The summed E-state index contributed by atoms with van der Waals surface area (Å²) in [4.78, 5) is 39.5. The highest BCUT2D eigenvalue weighted by Crippen LogP contribution is 2.32. The highest BCUT2D eigenvalue weighted by Gasteiger charge is 2.35. The Morgan fingerprint density at radius 2 is 1.76 bits per heavy atom. The first-order valence-electron chi connectivity index (χ1n) is 10.8. The molecule has 2 unspecified atom stereocenters. The summed E-state index contributed by atoms with van der Waals surface area (Å²) < 4.78 is 5.20. The van der Waals surface area contributed by atoms with Gasteiger partial charge in [0.2, 0.25) is 5.91 Å². The molecule has 34 heavy (non-hydrogen) atoms. The van der Waals surface area contributed by atoms with Crippen molar-refractivity contribution in [1.82, 2.24) is 15.5 Å². The first-order chi connectivity index (χ1) is 15.9. The second kappa shape index (κ2) is 11.2.